The first kappa shape index (κ1) is 18.7. The van der Waals surface area contributed by atoms with E-state index in [0.717, 1.165) is 23.0 Å². The third kappa shape index (κ3) is 3.10. The predicted octanol–water partition coefficient (Wildman–Crippen LogP) is 4.15. The average Bonchev–Trinajstić information content (AvgIpc) is 3.01. The number of hydrogen-bond acceptors (Lipinski definition) is 3. The lowest BCUT2D eigenvalue weighted by Crippen LogP contribution is -2.48. The van der Waals surface area contributed by atoms with Gasteiger partial charge in [-0.25, -0.2) is 10.4 Å². The molecule has 5 nitrogen and oxygen atoms in total. The molecule has 1 aromatic carbocycles. The Bertz CT molecular complexity index is 987. The van der Waals surface area contributed by atoms with E-state index in [0.29, 0.717) is 11.8 Å². The van der Waals surface area contributed by atoms with Gasteiger partial charge in [0.1, 0.15) is 6.54 Å². The molecule has 0 unspecified atom stereocenters. The van der Waals surface area contributed by atoms with Gasteiger partial charge in [0.25, 0.3) is 5.91 Å². The van der Waals surface area contributed by atoms with E-state index < -0.39 is 24.5 Å². The normalized spacial score (nSPS) is 23.5. The van der Waals surface area contributed by atoms with E-state index in [4.69, 9.17) is 0 Å². The Kier molecular flexibility index (Phi) is 4.32. The van der Waals surface area contributed by atoms with Crippen molar-refractivity contribution in [3.63, 3.8) is 0 Å². The van der Waals surface area contributed by atoms with Crippen LogP contribution in [0.1, 0.15) is 32.5 Å². The summed E-state index contributed by atoms with van der Waals surface area (Å²) < 4.78 is 40.8. The van der Waals surface area contributed by atoms with Gasteiger partial charge in [-0.2, -0.15) is 18.3 Å². The van der Waals surface area contributed by atoms with Gasteiger partial charge in [-0.1, -0.05) is 32.1 Å². The second-order valence-corrected chi connectivity index (χ2v) is 8.05. The summed E-state index contributed by atoms with van der Waals surface area (Å²) in [6.45, 7) is 3.95. The maximum absolute atomic E-state index is 13.3. The molecule has 1 heterocycles. The lowest BCUT2D eigenvalue weighted by molar-refractivity contribution is -0.147. The van der Waals surface area contributed by atoms with Crippen molar-refractivity contribution in [3.8, 4) is 0 Å². The summed E-state index contributed by atoms with van der Waals surface area (Å²) in [5.74, 6) is -0.613. The van der Waals surface area contributed by atoms with Crippen LogP contribution in [0.3, 0.4) is 0 Å². The number of benzene rings is 1. The number of amides is 1. The van der Waals surface area contributed by atoms with Crippen LogP contribution in [0.4, 0.5) is 13.2 Å². The average molecular weight is 390 g/mol. The monoisotopic (exact) mass is 390 g/mol. The highest BCUT2D eigenvalue weighted by atomic mass is 19.4. The van der Waals surface area contributed by atoms with Crippen LogP contribution >= 0.6 is 0 Å². The summed E-state index contributed by atoms with van der Waals surface area (Å²) in [5, 5.41) is 3.98. The van der Waals surface area contributed by atoms with E-state index >= 15 is 0 Å². The summed E-state index contributed by atoms with van der Waals surface area (Å²) in [6, 6.07) is 6.21. The first-order chi connectivity index (χ1) is 13.2. The third-order valence-corrected chi connectivity index (χ3v) is 6.12. The Hall–Kier alpha value is -2.64. The molecule has 2 atom stereocenters. The number of nitrogens with one attached hydrogen (secondary N) is 1. The highest BCUT2D eigenvalue weighted by Crippen LogP contribution is 2.58. The molecule has 1 saturated carbocycles. The second-order valence-electron chi connectivity index (χ2n) is 8.05. The number of fused-ring (bicyclic) bond motifs is 2. The number of aromatic nitrogens is 2. The van der Waals surface area contributed by atoms with Gasteiger partial charge in [-0.3, -0.25) is 4.79 Å². The van der Waals surface area contributed by atoms with Crippen molar-refractivity contribution >= 4 is 23.2 Å². The molecule has 2 aromatic rings. The van der Waals surface area contributed by atoms with Crippen molar-refractivity contribution in [2.45, 2.75) is 39.4 Å². The Labute approximate surface area is 160 Å². The number of carbonyl (C=O) groups excluding carboxylic acids is 1. The largest absolute Gasteiger partial charge is 0.449 e. The number of nitrogens with zero attached hydrogens (tertiary/aromatic N) is 3. The highest BCUT2D eigenvalue weighted by molar-refractivity contribution is 5.84. The van der Waals surface area contributed by atoms with Crippen LogP contribution in [0.2, 0.25) is 0 Å². The summed E-state index contributed by atoms with van der Waals surface area (Å²) in [5.41, 5.74) is 4.11. The molecule has 28 heavy (non-hydrogen) atoms. The third-order valence-electron chi connectivity index (χ3n) is 6.12. The SMILES string of the molecule is CC1(C)[C@H]2CC=C(C=NNC(=O)Cn3c(C(F)(F)F)nc4ccccc43)[C@H]1C2. The van der Waals surface area contributed by atoms with Crippen molar-refractivity contribution in [2.75, 3.05) is 0 Å². The molecule has 0 aliphatic heterocycles. The standard InChI is InChI=1S/C20H21F3N4O/c1-19(2)13-8-7-12(14(19)9-13)10-24-26-17(28)11-27-16-6-4-3-5-15(16)25-18(27)20(21,22)23/h3-7,10,13-14H,8-9,11H2,1-2H3,(H,26,28)/t13-,14+/m0/s1. The van der Waals surface area contributed by atoms with Gasteiger partial charge >= 0.3 is 6.18 Å². The molecule has 2 bridgehead atoms. The molecular formula is C20H21F3N4O. The number of allylic oxidation sites excluding steroid dienone is 2. The lowest BCUT2D eigenvalue weighted by Gasteiger charge is -2.55. The molecule has 1 N–H and O–H groups in total. The molecule has 3 aliphatic rings. The van der Waals surface area contributed by atoms with E-state index in [1.807, 2.05) is 0 Å². The van der Waals surface area contributed by atoms with Gasteiger partial charge in [0, 0.05) is 0 Å². The summed E-state index contributed by atoms with van der Waals surface area (Å²) in [4.78, 5) is 15.9. The number of alkyl halides is 3. The van der Waals surface area contributed by atoms with E-state index in [1.54, 1.807) is 18.3 Å². The molecule has 0 radical (unpaired) electrons. The minimum absolute atomic E-state index is 0.195. The summed E-state index contributed by atoms with van der Waals surface area (Å²) in [6.07, 6.45) is 1.21. The van der Waals surface area contributed by atoms with Crippen molar-refractivity contribution in [1.29, 1.82) is 0 Å². The zero-order valence-electron chi connectivity index (χ0n) is 15.6. The maximum atomic E-state index is 13.3. The summed E-state index contributed by atoms with van der Waals surface area (Å²) in [7, 11) is 0. The summed E-state index contributed by atoms with van der Waals surface area (Å²) >= 11 is 0. The quantitative estimate of drug-likeness (QED) is 0.630. The molecule has 0 spiro atoms. The van der Waals surface area contributed by atoms with Gasteiger partial charge in [0.15, 0.2) is 0 Å². The Balaban J connectivity index is 1.48. The van der Waals surface area contributed by atoms with Crippen LogP contribution in [-0.2, 0) is 17.5 Å². The van der Waals surface area contributed by atoms with Crippen LogP contribution in [0.15, 0.2) is 41.0 Å². The topological polar surface area (TPSA) is 59.3 Å². The van der Waals surface area contributed by atoms with Gasteiger partial charge < -0.3 is 4.57 Å². The fourth-order valence-corrected chi connectivity index (χ4v) is 4.35. The van der Waals surface area contributed by atoms with Crippen LogP contribution in [0.5, 0.6) is 0 Å². The molecule has 1 fully saturated rings. The molecule has 1 aromatic heterocycles. The minimum Gasteiger partial charge on any atom is -0.311 e. The fraction of sp³-hybridized carbons (Fsp3) is 0.450. The molecule has 0 saturated heterocycles. The van der Waals surface area contributed by atoms with Crippen molar-refractivity contribution < 1.29 is 18.0 Å². The first-order valence-corrected chi connectivity index (χ1v) is 9.22. The van der Waals surface area contributed by atoms with Crippen LogP contribution in [-0.4, -0.2) is 21.7 Å². The minimum atomic E-state index is -4.65. The zero-order valence-corrected chi connectivity index (χ0v) is 15.6. The zero-order chi connectivity index (χ0) is 20.1. The van der Waals surface area contributed by atoms with E-state index in [1.165, 1.54) is 12.1 Å². The van der Waals surface area contributed by atoms with Gasteiger partial charge in [0.05, 0.1) is 17.2 Å². The van der Waals surface area contributed by atoms with E-state index in [-0.39, 0.29) is 16.4 Å². The molecule has 5 rings (SSSR count). The van der Waals surface area contributed by atoms with E-state index in [9.17, 15) is 18.0 Å². The number of imidazole rings is 1. The van der Waals surface area contributed by atoms with Gasteiger partial charge in [-0.15, -0.1) is 0 Å². The predicted molar refractivity (Wildman–Crippen MR) is 99.4 cm³/mol. The van der Waals surface area contributed by atoms with Crippen LogP contribution in [0, 0.1) is 17.3 Å². The number of para-hydroxylation sites is 2. The van der Waals surface area contributed by atoms with Crippen molar-refractivity contribution in [2.24, 2.45) is 22.4 Å². The molecule has 148 valence electrons. The molecular weight excluding hydrogens is 369 g/mol. The molecule has 3 aliphatic carbocycles. The number of hydrazone groups is 1. The lowest BCUT2D eigenvalue weighted by atomic mass is 9.49. The maximum Gasteiger partial charge on any atom is 0.449 e. The smallest absolute Gasteiger partial charge is 0.311 e. The highest BCUT2D eigenvalue weighted by Gasteiger charge is 2.50. The van der Waals surface area contributed by atoms with Gasteiger partial charge in [0.2, 0.25) is 5.82 Å². The number of hydrogen-bond donors (Lipinski definition) is 1. The molecule has 1 amide bonds. The van der Waals surface area contributed by atoms with Crippen LogP contribution < -0.4 is 5.43 Å². The number of halogens is 3. The Morgan fingerprint density at radius 3 is 2.82 bits per heavy atom. The molecule has 8 heteroatoms. The second kappa shape index (κ2) is 6.46. The van der Waals surface area contributed by atoms with Gasteiger partial charge in [-0.05, 0) is 47.8 Å². The van der Waals surface area contributed by atoms with E-state index in [2.05, 4.69) is 35.4 Å². The fourth-order valence-electron chi connectivity index (χ4n) is 4.35. The van der Waals surface area contributed by atoms with Crippen molar-refractivity contribution in [1.82, 2.24) is 15.0 Å². The Morgan fingerprint density at radius 1 is 1.39 bits per heavy atom. The first-order valence-electron chi connectivity index (χ1n) is 9.22. The van der Waals surface area contributed by atoms with Crippen LogP contribution in [0.25, 0.3) is 11.0 Å². The number of carbonyl (C=O) groups is 1. The van der Waals surface area contributed by atoms with Crippen molar-refractivity contribution in [3.05, 3.63) is 41.7 Å². The number of rotatable bonds is 4. The Morgan fingerprint density at radius 2 is 2.14 bits per heavy atom.